The van der Waals surface area contributed by atoms with Gasteiger partial charge in [0.15, 0.2) is 5.69 Å². The molecule has 1 aromatic carbocycles. The summed E-state index contributed by atoms with van der Waals surface area (Å²) in [6, 6.07) is 2.45. The number of benzene rings is 1. The van der Waals surface area contributed by atoms with Crippen molar-refractivity contribution in [1.29, 1.82) is 0 Å². The SMILES string of the molecule is Cc1c(C(=O)N(C)C)nn2c1CN(c1nc(OC[C@]34CCCN3C[C@@H](/C=C/F)C4)nc3c1CO[C@H](c1cc(N)cc(Cl)c1C(F)(F)F)C3)CCC2. The highest BCUT2D eigenvalue weighted by Crippen LogP contribution is 2.46. The van der Waals surface area contributed by atoms with E-state index in [1.807, 2.05) is 11.6 Å². The molecule has 0 radical (unpaired) electrons. The number of anilines is 2. The number of ether oxygens (including phenoxy) is 2. The predicted molar refractivity (Wildman–Crippen MR) is 182 cm³/mol. The molecule has 3 aromatic rings. The van der Waals surface area contributed by atoms with Gasteiger partial charge in [-0.3, -0.25) is 14.4 Å². The van der Waals surface area contributed by atoms with E-state index in [1.54, 1.807) is 20.2 Å². The first-order valence-electron chi connectivity index (χ1n) is 17.1. The highest BCUT2D eigenvalue weighted by Gasteiger charge is 2.48. The highest BCUT2D eigenvalue weighted by molar-refractivity contribution is 6.31. The molecule has 1 amide bonds. The molecule has 274 valence electrons. The maximum absolute atomic E-state index is 14.3. The molecule has 0 aliphatic carbocycles. The molecular weight excluding hydrogens is 692 g/mol. The molecule has 7 rings (SSSR count). The zero-order chi connectivity index (χ0) is 36.2. The summed E-state index contributed by atoms with van der Waals surface area (Å²) in [5.41, 5.74) is 7.78. The third kappa shape index (κ3) is 6.63. The number of hydrogen-bond acceptors (Lipinski definition) is 9. The van der Waals surface area contributed by atoms with Gasteiger partial charge in [-0.1, -0.05) is 17.7 Å². The molecule has 6 heterocycles. The number of nitrogens with zero attached hydrogens (tertiary/aromatic N) is 7. The number of aryl methyl sites for hydroxylation is 1. The van der Waals surface area contributed by atoms with Crippen molar-refractivity contribution < 1.29 is 31.8 Å². The van der Waals surface area contributed by atoms with Crippen LogP contribution in [0.1, 0.15) is 75.9 Å². The van der Waals surface area contributed by atoms with Crippen molar-refractivity contribution in [2.75, 3.05) is 51.0 Å². The number of carbonyl (C=O) groups excluding carboxylic acids is 1. The van der Waals surface area contributed by atoms with Crippen molar-refractivity contribution in [3.63, 3.8) is 0 Å². The Bertz CT molecular complexity index is 1870. The quantitative estimate of drug-likeness (QED) is 0.235. The van der Waals surface area contributed by atoms with Gasteiger partial charge in [0.2, 0.25) is 0 Å². The van der Waals surface area contributed by atoms with Gasteiger partial charge in [0.1, 0.15) is 12.4 Å². The Balaban J connectivity index is 1.26. The molecule has 16 heteroatoms. The second kappa shape index (κ2) is 13.6. The number of alkyl halides is 3. The van der Waals surface area contributed by atoms with E-state index in [0.717, 1.165) is 49.7 Å². The number of amides is 1. The van der Waals surface area contributed by atoms with E-state index in [4.69, 9.17) is 36.8 Å². The monoisotopic (exact) mass is 732 g/mol. The minimum absolute atomic E-state index is 0.00298. The Morgan fingerprint density at radius 1 is 1.22 bits per heavy atom. The van der Waals surface area contributed by atoms with Crippen LogP contribution in [0.2, 0.25) is 5.02 Å². The minimum Gasteiger partial charge on any atom is -0.461 e. The second-order valence-electron chi connectivity index (χ2n) is 14.2. The first-order chi connectivity index (χ1) is 24.3. The summed E-state index contributed by atoms with van der Waals surface area (Å²) in [5, 5.41) is 4.14. The fourth-order valence-electron chi connectivity index (χ4n) is 8.20. The Labute approximate surface area is 298 Å². The van der Waals surface area contributed by atoms with Gasteiger partial charge in [0.05, 0.1) is 53.1 Å². The predicted octanol–water partition coefficient (Wildman–Crippen LogP) is 5.88. The Morgan fingerprint density at radius 2 is 2.02 bits per heavy atom. The Kier molecular flexibility index (Phi) is 9.42. The van der Waals surface area contributed by atoms with Crippen LogP contribution in [0.15, 0.2) is 24.5 Å². The molecule has 2 fully saturated rings. The zero-order valence-electron chi connectivity index (χ0n) is 28.8. The Hall–Kier alpha value is -3.95. The van der Waals surface area contributed by atoms with E-state index < -0.39 is 22.9 Å². The molecule has 2 saturated heterocycles. The van der Waals surface area contributed by atoms with E-state index >= 15 is 0 Å². The smallest absolute Gasteiger partial charge is 0.418 e. The van der Waals surface area contributed by atoms with E-state index in [1.165, 1.54) is 11.0 Å². The van der Waals surface area contributed by atoms with Gasteiger partial charge in [0, 0.05) is 57.0 Å². The molecule has 2 N–H and O–H groups in total. The molecule has 4 aliphatic heterocycles. The second-order valence-corrected chi connectivity index (χ2v) is 14.6. The largest absolute Gasteiger partial charge is 0.461 e. The van der Waals surface area contributed by atoms with Crippen LogP contribution in [0.4, 0.5) is 29.1 Å². The summed E-state index contributed by atoms with van der Waals surface area (Å²) in [7, 11) is 3.37. The normalized spacial score (nSPS) is 23.6. The highest BCUT2D eigenvalue weighted by atomic mass is 35.5. The fourth-order valence-corrected chi connectivity index (χ4v) is 8.54. The lowest BCUT2D eigenvalue weighted by Gasteiger charge is -2.33. The summed E-state index contributed by atoms with van der Waals surface area (Å²) in [6.07, 6.45) is -0.272. The lowest BCUT2D eigenvalue weighted by Crippen LogP contribution is -2.43. The first-order valence-corrected chi connectivity index (χ1v) is 17.5. The van der Waals surface area contributed by atoms with E-state index in [-0.39, 0.29) is 54.3 Å². The van der Waals surface area contributed by atoms with E-state index in [2.05, 4.69) is 14.9 Å². The topological polar surface area (TPSA) is 115 Å². The van der Waals surface area contributed by atoms with Crippen LogP contribution in [0.5, 0.6) is 6.01 Å². The number of nitrogen functional groups attached to an aromatic ring is 1. The number of aromatic nitrogens is 4. The summed E-state index contributed by atoms with van der Waals surface area (Å²) in [4.78, 5) is 28.6. The van der Waals surface area contributed by atoms with Crippen molar-refractivity contribution in [3.05, 3.63) is 68.9 Å². The number of halogens is 5. The van der Waals surface area contributed by atoms with Crippen LogP contribution in [-0.2, 0) is 37.0 Å². The number of rotatable bonds is 7. The molecular formula is C35H41ClF4N8O3. The lowest BCUT2D eigenvalue weighted by atomic mass is 9.91. The van der Waals surface area contributed by atoms with Crippen molar-refractivity contribution in [3.8, 4) is 6.01 Å². The third-order valence-electron chi connectivity index (χ3n) is 10.7. The van der Waals surface area contributed by atoms with Gasteiger partial charge < -0.3 is 25.0 Å². The Morgan fingerprint density at radius 3 is 2.76 bits per heavy atom. The number of hydrogen-bond donors (Lipinski definition) is 1. The van der Waals surface area contributed by atoms with E-state index in [0.29, 0.717) is 55.2 Å². The van der Waals surface area contributed by atoms with Crippen LogP contribution in [0.25, 0.3) is 0 Å². The molecule has 2 aromatic heterocycles. The third-order valence-corrected chi connectivity index (χ3v) is 10.9. The van der Waals surface area contributed by atoms with Gasteiger partial charge in [0.25, 0.3) is 5.91 Å². The zero-order valence-corrected chi connectivity index (χ0v) is 29.5. The van der Waals surface area contributed by atoms with E-state index in [9.17, 15) is 22.4 Å². The van der Waals surface area contributed by atoms with Gasteiger partial charge in [-0.25, -0.2) is 4.39 Å². The maximum Gasteiger partial charge on any atom is 0.418 e. The lowest BCUT2D eigenvalue weighted by molar-refractivity contribution is -0.139. The average molecular weight is 733 g/mol. The van der Waals surface area contributed by atoms with Crippen molar-refractivity contribution in [2.24, 2.45) is 5.92 Å². The summed E-state index contributed by atoms with van der Waals surface area (Å²) >= 11 is 6.11. The van der Waals surface area contributed by atoms with Crippen LogP contribution in [0, 0.1) is 12.8 Å². The number of carbonyl (C=O) groups is 1. The van der Waals surface area contributed by atoms with Gasteiger partial charge in [-0.05, 0) is 62.8 Å². The van der Waals surface area contributed by atoms with Crippen LogP contribution < -0.4 is 15.4 Å². The van der Waals surface area contributed by atoms with Gasteiger partial charge in [-0.15, -0.1) is 0 Å². The van der Waals surface area contributed by atoms with Gasteiger partial charge >= 0.3 is 12.2 Å². The number of nitrogens with two attached hydrogens (primary N) is 1. The molecule has 0 spiro atoms. The number of fused-ring (bicyclic) bond motifs is 3. The van der Waals surface area contributed by atoms with Crippen molar-refractivity contribution >= 4 is 29.0 Å². The molecule has 0 bridgehead atoms. The van der Waals surface area contributed by atoms with Crippen molar-refractivity contribution in [2.45, 2.75) is 76.5 Å². The van der Waals surface area contributed by atoms with Crippen LogP contribution >= 0.6 is 11.6 Å². The summed E-state index contributed by atoms with van der Waals surface area (Å²) in [6.45, 7) is 5.28. The molecule has 11 nitrogen and oxygen atoms in total. The summed E-state index contributed by atoms with van der Waals surface area (Å²) < 4.78 is 70.4. The van der Waals surface area contributed by atoms with Crippen LogP contribution in [-0.4, -0.2) is 81.3 Å². The molecule has 51 heavy (non-hydrogen) atoms. The molecule has 4 aliphatic rings. The molecule has 3 atom stereocenters. The fraction of sp³-hybridized carbons (Fsp3) is 0.543. The van der Waals surface area contributed by atoms with Gasteiger partial charge in [-0.2, -0.15) is 28.2 Å². The maximum atomic E-state index is 14.3. The minimum atomic E-state index is -4.74. The van der Waals surface area contributed by atoms with Crippen molar-refractivity contribution in [1.82, 2.24) is 29.5 Å². The average Bonchev–Trinajstić information content (AvgIpc) is 3.65. The molecule has 0 unspecified atom stereocenters. The first kappa shape index (κ1) is 35.5. The summed E-state index contributed by atoms with van der Waals surface area (Å²) in [5.74, 6) is 0.430. The molecule has 0 saturated carbocycles. The standard InChI is InChI=1S/C35H41ClF4N8O3/c1-20-27-17-46(9-5-11-48(27)44-30(20)32(49)45(2)3)31-24-18-50-28(23-12-22(41)13-25(36)29(23)35(38,39)40)14-26(24)42-33(43-31)51-19-34-7-4-10-47(34)16-21(15-34)6-8-37/h6,8,12-13,21,28H,4-5,7,9-11,14-19,41H2,1-3H3/b8-6+/t21-,28-,34+/m0/s1. The van der Waals surface area contributed by atoms with Crippen LogP contribution in [0.3, 0.4) is 0 Å².